The quantitative estimate of drug-likeness (QED) is 0.0877. The molecule has 1 amide bonds. The van der Waals surface area contributed by atoms with Gasteiger partial charge in [0, 0.05) is 32.5 Å². The van der Waals surface area contributed by atoms with Crippen molar-refractivity contribution in [3.05, 3.63) is 0 Å². The van der Waals surface area contributed by atoms with Crippen LogP contribution in [0.5, 0.6) is 0 Å². The Kier molecular flexibility index (Phi) is 49.6. The van der Waals surface area contributed by atoms with Gasteiger partial charge >= 0.3 is 41.9 Å². The Bertz CT molecular complexity index is 1010. The van der Waals surface area contributed by atoms with Crippen LogP contribution in [0.1, 0.15) is 125 Å². The number of unbranched alkanes of at least 4 members (excludes halogenated alkanes) is 4. The molecule has 0 spiro atoms. The largest absolute Gasteiger partial charge is 0.481 e. The number of likely N-dealkylation sites (tertiary alicyclic amines) is 1. The molecule has 0 saturated carbocycles. The van der Waals surface area contributed by atoms with Crippen molar-refractivity contribution < 1.29 is 69.3 Å². The maximum absolute atomic E-state index is 10.3. The lowest BCUT2D eigenvalue weighted by Crippen LogP contribution is -2.41. The molecule has 3 unspecified atom stereocenters. The van der Waals surface area contributed by atoms with E-state index in [1.165, 1.54) is 25.2 Å². The molecule has 0 aliphatic carbocycles. The standard InChI is InChI=1S/C7H15NO2.C6H11NO2.C6H13NO2.4C4H9NO2/c1-2-3-4-5-6(8)7(9)10;8-6(9)7-4-2-1-3-5-7;7-5-3-1-2-4-6(8)9;1-4(2,5)3(6)7;1-3(2-5)4(6)7;1-2-3(5)4(6)7;5-3-1-2-4(6)7/h6H,2-5,8H2,1H3,(H,9,10);1-5H2,(H,8,9);1-5,7H2,(H,8,9);5H2,1-2H3,(H,6,7);2*3H,2,5H2,1H3,(H,6,7);1-3,5H2,(H,6,7). The van der Waals surface area contributed by atoms with Gasteiger partial charge in [0.05, 0.1) is 5.92 Å². The normalized spacial score (nSPS) is 12.9. The fourth-order valence-corrected chi connectivity index (χ4v) is 2.95. The number of hydrogen-bond donors (Lipinski definition) is 13. The van der Waals surface area contributed by atoms with Gasteiger partial charge in [-0.15, -0.1) is 0 Å². The molecule has 0 radical (unpaired) electrons. The fraction of sp³-hybridized carbons (Fsp3) is 0.800. The van der Waals surface area contributed by atoms with Crippen molar-refractivity contribution in [2.24, 2.45) is 40.3 Å². The van der Waals surface area contributed by atoms with Gasteiger partial charge in [-0.3, -0.25) is 28.8 Å². The van der Waals surface area contributed by atoms with Gasteiger partial charge in [-0.1, -0.05) is 46.5 Å². The molecule has 0 aromatic heterocycles. The Morgan fingerprint density at radius 2 is 1.05 bits per heavy atom. The Labute approximate surface area is 331 Å². The number of amides is 1. The summed E-state index contributed by atoms with van der Waals surface area (Å²) in [7, 11) is 0. The number of aliphatic carboxylic acids is 6. The van der Waals surface area contributed by atoms with Crippen molar-refractivity contribution in [2.75, 3.05) is 32.7 Å². The lowest BCUT2D eigenvalue weighted by atomic mass is 10.1. The van der Waals surface area contributed by atoms with Gasteiger partial charge in [-0.25, -0.2) is 4.79 Å². The number of carboxylic acids is 6. The zero-order valence-corrected chi connectivity index (χ0v) is 34.1. The minimum atomic E-state index is -1.08. The molecular formula is C35H75N7O14. The van der Waals surface area contributed by atoms with E-state index in [0.717, 1.165) is 64.5 Å². The SMILES string of the molecule is CC(C)(N)C(=O)O.CC(CN)C(=O)O.CCC(N)C(=O)O.CCCCCC(N)C(=O)O.NCCCC(=O)O.NCCCCCC(=O)O.O=C(O)N1CCCCC1. The Balaban J connectivity index is -0.000000131. The van der Waals surface area contributed by atoms with E-state index in [2.05, 4.69) is 6.92 Å². The van der Waals surface area contributed by atoms with E-state index in [9.17, 15) is 33.6 Å². The van der Waals surface area contributed by atoms with Crippen LogP contribution in [0.15, 0.2) is 0 Å². The third kappa shape index (κ3) is 59.1. The third-order valence-electron chi connectivity index (χ3n) is 6.84. The van der Waals surface area contributed by atoms with E-state index in [1.54, 1.807) is 13.8 Å². The van der Waals surface area contributed by atoms with Gasteiger partial charge in [0.2, 0.25) is 0 Å². The molecule has 1 rings (SSSR count). The number of nitrogens with zero attached hydrogens (tertiary/aromatic N) is 1. The average Bonchev–Trinajstić information content (AvgIpc) is 3.13. The van der Waals surface area contributed by atoms with Crippen molar-refractivity contribution in [2.45, 2.75) is 142 Å². The fourth-order valence-electron chi connectivity index (χ4n) is 2.95. The molecule has 1 aliphatic rings. The number of carbonyl (C=O) groups is 7. The van der Waals surface area contributed by atoms with Crippen LogP contribution < -0.4 is 34.4 Å². The van der Waals surface area contributed by atoms with Crippen LogP contribution in [0.2, 0.25) is 0 Å². The molecule has 21 heteroatoms. The highest BCUT2D eigenvalue weighted by Crippen LogP contribution is 2.07. The van der Waals surface area contributed by atoms with Crippen LogP contribution in [0.4, 0.5) is 4.79 Å². The van der Waals surface area contributed by atoms with E-state index in [1.807, 2.05) is 0 Å². The topological polar surface area (TPSA) is 420 Å². The zero-order valence-electron chi connectivity index (χ0n) is 34.1. The van der Waals surface area contributed by atoms with E-state index in [-0.39, 0.29) is 19.4 Å². The summed E-state index contributed by atoms with van der Waals surface area (Å²) in [6.45, 7) is 11.1. The van der Waals surface area contributed by atoms with Gasteiger partial charge < -0.3 is 75.0 Å². The summed E-state index contributed by atoms with van der Waals surface area (Å²) < 4.78 is 0. The van der Waals surface area contributed by atoms with Crippen LogP contribution >= 0.6 is 0 Å². The molecule has 0 aromatic rings. The van der Waals surface area contributed by atoms with Crippen LogP contribution in [-0.4, -0.2) is 133 Å². The molecule has 1 fully saturated rings. The van der Waals surface area contributed by atoms with Crippen LogP contribution in [0, 0.1) is 5.92 Å². The van der Waals surface area contributed by atoms with E-state index < -0.39 is 65.4 Å². The molecule has 0 bridgehead atoms. The molecule has 56 heavy (non-hydrogen) atoms. The van der Waals surface area contributed by atoms with Crippen LogP contribution in [0.3, 0.4) is 0 Å². The molecule has 1 heterocycles. The minimum absolute atomic E-state index is 0.191. The lowest BCUT2D eigenvalue weighted by Gasteiger charge is -2.22. The summed E-state index contributed by atoms with van der Waals surface area (Å²) in [5, 5.41) is 57.3. The molecule has 1 saturated heterocycles. The third-order valence-corrected chi connectivity index (χ3v) is 6.84. The highest BCUT2D eigenvalue weighted by atomic mass is 16.4. The summed E-state index contributed by atoms with van der Waals surface area (Å²) in [6.07, 6.45) is 10.3. The highest BCUT2D eigenvalue weighted by Gasteiger charge is 2.19. The maximum atomic E-state index is 10.3. The average molecular weight is 818 g/mol. The molecule has 3 atom stereocenters. The van der Waals surface area contributed by atoms with Crippen molar-refractivity contribution in [1.82, 2.24) is 4.90 Å². The first-order chi connectivity index (χ1) is 25.8. The zero-order chi connectivity index (χ0) is 45.3. The number of nitrogens with two attached hydrogens (primary N) is 6. The first kappa shape index (κ1) is 63.8. The second kappa shape index (κ2) is 43.6. The van der Waals surface area contributed by atoms with Crippen molar-refractivity contribution in [1.29, 1.82) is 0 Å². The second-order valence-corrected chi connectivity index (χ2v) is 12.9. The summed E-state index contributed by atoms with van der Waals surface area (Å²) in [6, 6.07) is -1.34. The summed E-state index contributed by atoms with van der Waals surface area (Å²) >= 11 is 0. The number of rotatable bonds is 18. The van der Waals surface area contributed by atoms with Gasteiger partial charge in [-0.05, 0) is 78.3 Å². The summed E-state index contributed by atoms with van der Waals surface area (Å²) in [4.78, 5) is 71.1. The van der Waals surface area contributed by atoms with Gasteiger partial charge in [0.25, 0.3) is 0 Å². The van der Waals surface area contributed by atoms with E-state index >= 15 is 0 Å². The molecule has 19 N–H and O–H groups in total. The summed E-state index contributed by atoms with van der Waals surface area (Å²) in [5.74, 6) is -5.52. The molecule has 1 aliphatic heterocycles. The first-order valence-electron chi connectivity index (χ1n) is 18.6. The first-order valence-corrected chi connectivity index (χ1v) is 18.6. The second-order valence-electron chi connectivity index (χ2n) is 12.9. The number of piperidine rings is 1. The van der Waals surface area contributed by atoms with Crippen molar-refractivity contribution in [3.8, 4) is 0 Å². The maximum Gasteiger partial charge on any atom is 0.407 e. The predicted octanol–water partition coefficient (Wildman–Crippen LogP) is 1.81. The lowest BCUT2D eigenvalue weighted by molar-refractivity contribution is -0.142. The Hall–Kier alpha value is -4.15. The number of carboxylic acid groups (broad SMARTS) is 7. The van der Waals surface area contributed by atoms with Gasteiger partial charge in [0.1, 0.15) is 17.6 Å². The van der Waals surface area contributed by atoms with E-state index in [4.69, 9.17) is 70.1 Å². The van der Waals surface area contributed by atoms with Crippen LogP contribution in [-0.2, 0) is 28.8 Å². The van der Waals surface area contributed by atoms with Crippen molar-refractivity contribution in [3.63, 3.8) is 0 Å². The number of hydrogen-bond acceptors (Lipinski definition) is 13. The molecule has 334 valence electrons. The Morgan fingerprint density at radius 1 is 0.625 bits per heavy atom. The summed E-state index contributed by atoms with van der Waals surface area (Å²) in [5.41, 5.74) is 29.5. The molecular weight excluding hydrogens is 742 g/mol. The van der Waals surface area contributed by atoms with Crippen molar-refractivity contribution >= 4 is 41.9 Å². The Morgan fingerprint density at radius 3 is 1.27 bits per heavy atom. The van der Waals surface area contributed by atoms with Gasteiger partial charge in [-0.2, -0.15) is 0 Å². The highest BCUT2D eigenvalue weighted by molar-refractivity contribution is 5.77. The predicted molar refractivity (Wildman–Crippen MR) is 212 cm³/mol. The van der Waals surface area contributed by atoms with E-state index in [0.29, 0.717) is 32.4 Å². The van der Waals surface area contributed by atoms with Gasteiger partial charge in [0.15, 0.2) is 0 Å². The smallest absolute Gasteiger partial charge is 0.407 e. The monoisotopic (exact) mass is 818 g/mol. The minimum Gasteiger partial charge on any atom is -0.481 e. The molecule has 0 aromatic carbocycles. The molecule has 21 nitrogen and oxygen atoms in total. The van der Waals surface area contributed by atoms with Crippen LogP contribution in [0.25, 0.3) is 0 Å².